The van der Waals surface area contributed by atoms with Gasteiger partial charge < -0.3 is 15.6 Å². The number of carbonyl (C=O) groups excluding carboxylic acids is 1. The Morgan fingerprint density at radius 3 is 2.90 bits per heavy atom. The van der Waals surface area contributed by atoms with Gasteiger partial charge in [0.1, 0.15) is 5.69 Å². The van der Waals surface area contributed by atoms with Gasteiger partial charge in [-0.05, 0) is 30.7 Å². The van der Waals surface area contributed by atoms with E-state index in [-0.39, 0.29) is 17.4 Å². The van der Waals surface area contributed by atoms with Crippen LogP contribution in [0.15, 0.2) is 12.3 Å². The van der Waals surface area contributed by atoms with Crippen molar-refractivity contribution >= 4 is 11.6 Å². The third kappa shape index (κ3) is 3.17. The van der Waals surface area contributed by atoms with Crippen LogP contribution in [0.2, 0.25) is 0 Å². The molecule has 1 saturated carbocycles. The van der Waals surface area contributed by atoms with Crippen LogP contribution in [-0.2, 0) is 6.54 Å². The van der Waals surface area contributed by atoms with E-state index >= 15 is 0 Å². The third-order valence-electron chi connectivity index (χ3n) is 4.43. The predicted molar refractivity (Wildman–Crippen MR) is 82.6 cm³/mol. The lowest BCUT2D eigenvalue weighted by Crippen LogP contribution is -2.47. The fraction of sp³-hybridized carbons (Fsp3) is 0.688. The minimum absolute atomic E-state index is 0.00937. The number of hydrogen-bond donors (Lipinski definition) is 2. The van der Waals surface area contributed by atoms with Gasteiger partial charge in [0.25, 0.3) is 5.91 Å². The first-order valence-electron chi connectivity index (χ1n) is 7.70. The molecule has 1 unspecified atom stereocenters. The van der Waals surface area contributed by atoms with Crippen LogP contribution >= 0.6 is 0 Å². The minimum Gasteiger partial charge on any atom is -0.397 e. The minimum atomic E-state index is 0.00937. The second kappa shape index (κ2) is 5.90. The summed E-state index contributed by atoms with van der Waals surface area (Å²) in [5.41, 5.74) is 7.36. The van der Waals surface area contributed by atoms with Gasteiger partial charge in [0, 0.05) is 18.8 Å². The number of anilines is 1. The van der Waals surface area contributed by atoms with Gasteiger partial charge in [-0.1, -0.05) is 33.6 Å². The Morgan fingerprint density at radius 1 is 1.50 bits per heavy atom. The highest BCUT2D eigenvalue weighted by Crippen LogP contribution is 2.35. The molecule has 1 heterocycles. The van der Waals surface area contributed by atoms with Crippen molar-refractivity contribution in [3.05, 3.63) is 18.0 Å². The Labute approximate surface area is 121 Å². The number of aryl methyl sites for hydroxylation is 1. The molecule has 0 saturated heterocycles. The molecule has 0 aliphatic heterocycles. The number of nitrogens with two attached hydrogens (primary N) is 1. The van der Waals surface area contributed by atoms with Crippen LogP contribution in [-0.4, -0.2) is 16.5 Å². The van der Waals surface area contributed by atoms with E-state index in [2.05, 4.69) is 26.1 Å². The lowest BCUT2D eigenvalue weighted by molar-refractivity contribution is 0.0844. The molecule has 4 nitrogen and oxygen atoms in total. The maximum absolute atomic E-state index is 12.5. The molecule has 2 rings (SSSR count). The van der Waals surface area contributed by atoms with Crippen molar-refractivity contribution in [2.45, 2.75) is 65.5 Å². The molecule has 1 amide bonds. The second-order valence-electron chi connectivity index (χ2n) is 6.61. The van der Waals surface area contributed by atoms with Gasteiger partial charge in [0.2, 0.25) is 0 Å². The lowest BCUT2D eigenvalue weighted by Gasteiger charge is -2.39. The zero-order valence-corrected chi connectivity index (χ0v) is 12.9. The highest BCUT2D eigenvalue weighted by Gasteiger charge is 2.33. The van der Waals surface area contributed by atoms with Crippen molar-refractivity contribution in [1.29, 1.82) is 0 Å². The average molecular weight is 277 g/mol. The molecule has 20 heavy (non-hydrogen) atoms. The number of hydrogen-bond acceptors (Lipinski definition) is 2. The van der Waals surface area contributed by atoms with Crippen molar-refractivity contribution in [2.75, 3.05) is 5.73 Å². The van der Waals surface area contributed by atoms with Gasteiger partial charge in [-0.15, -0.1) is 0 Å². The van der Waals surface area contributed by atoms with E-state index < -0.39 is 0 Å². The first-order chi connectivity index (χ1) is 9.44. The summed E-state index contributed by atoms with van der Waals surface area (Å²) in [7, 11) is 0. The molecule has 1 aromatic rings. The molecule has 4 heteroatoms. The second-order valence-corrected chi connectivity index (χ2v) is 6.61. The molecule has 1 atom stereocenters. The maximum atomic E-state index is 12.5. The fourth-order valence-electron chi connectivity index (χ4n) is 3.14. The topological polar surface area (TPSA) is 60.0 Å². The maximum Gasteiger partial charge on any atom is 0.268 e. The Bertz CT molecular complexity index is 476. The number of aromatic nitrogens is 1. The van der Waals surface area contributed by atoms with Gasteiger partial charge in [0.05, 0.1) is 5.69 Å². The summed E-state index contributed by atoms with van der Waals surface area (Å²) in [6.07, 6.45) is 7.55. The Balaban J connectivity index is 2.11. The number of carbonyl (C=O) groups is 1. The summed E-state index contributed by atoms with van der Waals surface area (Å²) in [4.78, 5) is 12.5. The molecule has 1 aromatic heterocycles. The summed E-state index contributed by atoms with van der Waals surface area (Å²) in [5.74, 6) is 0.00937. The number of nitrogens with zero attached hydrogens (tertiary/aromatic N) is 1. The van der Waals surface area contributed by atoms with Crippen molar-refractivity contribution in [3.63, 3.8) is 0 Å². The zero-order valence-electron chi connectivity index (χ0n) is 12.9. The largest absolute Gasteiger partial charge is 0.397 e. The third-order valence-corrected chi connectivity index (χ3v) is 4.43. The number of rotatable bonds is 4. The SMILES string of the molecule is CCCn1cc(N)cc1C(=O)NC1CCCCC1(C)C. The lowest BCUT2D eigenvalue weighted by atomic mass is 9.73. The van der Waals surface area contributed by atoms with E-state index in [0.717, 1.165) is 19.4 Å². The normalized spacial score (nSPS) is 21.6. The van der Waals surface area contributed by atoms with Crippen LogP contribution in [0.25, 0.3) is 0 Å². The van der Waals surface area contributed by atoms with Crippen molar-refractivity contribution < 1.29 is 4.79 Å². The molecule has 0 radical (unpaired) electrons. The molecule has 1 aliphatic carbocycles. The van der Waals surface area contributed by atoms with Crippen LogP contribution < -0.4 is 11.1 Å². The number of nitrogens with one attached hydrogen (secondary N) is 1. The average Bonchev–Trinajstić information content (AvgIpc) is 2.73. The first-order valence-corrected chi connectivity index (χ1v) is 7.70. The Hall–Kier alpha value is -1.45. The van der Waals surface area contributed by atoms with Crippen LogP contribution in [0.3, 0.4) is 0 Å². The molecule has 1 aliphatic rings. The van der Waals surface area contributed by atoms with E-state index in [4.69, 9.17) is 5.73 Å². The summed E-state index contributed by atoms with van der Waals surface area (Å²) < 4.78 is 1.96. The van der Waals surface area contributed by atoms with Gasteiger partial charge >= 0.3 is 0 Å². The summed E-state index contributed by atoms with van der Waals surface area (Å²) >= 11 is 0. The van der Waals surface area contributed by atoms with Crippen LogP contribution in [0.4, 0.5) is 5.69 Å². The van der Waals surface area contributed by atoms with E-state index in [1.54, 1.807) is 6.07 Å². The Morgan fingerprint density at radius 2 is 2.25 bits per heavy atom. The van der Waals surface area contributed by atoms with Crippen molar-refractivity contribution in [3.8, 4) is 0 Å². The molecule has 1 fully saturated rings. The standard InChI is InChI=1S/C16H27N3O/c1-4-9-19-11-12(17)10-13(19)15(20)18-14-7-5-6-8-16(14,2)3/h10-11,14H,4-9,17H2,1-3H3,(H,18,20). The van der Waals surface area contributed by atoms with Crippen LogP contribution in [0, 0.1) is 5.41 Å². The summed E-state index contributed by atoms with van der Waals surface area (Å²) in [5, 5.41) is 3.22. The molecule has 112 valence electrons. The summed E-state index contributed by atoms with van der Waals surface area (Å²) in [6, 6.07) is 2.04. The van der Waals surface area contributed by atoms with Gasteiger partial charge in [-0.3, -0.25) is 4.79 Å². The van der Waals surface area contributed by atoms with Gasteiger partial charge in [-0.2, -0.15) is 0 Å². The quantitative estimate of drug-likeness (QED) is 0.888. The number of nitrogen functional groups attached to an aromatic ring is 1. The Kier molecular flexibility index (Phi) is 4.41. The fourth-order valence-corrected chi connectivity index (χ4v) is 3.14. The molecular weight excluding hydrogens is 250 g/mol. The van der Waals surface area contributed by atoms with E-state index in [0.29, 0.717) is 11.4 Å². The molecular formula is C16H27N3O. The van der Waals surface area contributed by atoms with E-state index in [1.807, 2.05) is 10.8 Å². The highest BCUT2D eigenvalue weighted by atomic mass is 16.2. The molecule has 0 spiro atoms. The molecule has 0 aromatic carbocycles. The zero-order chi connectivity index (χ0) is 14.8. The van der Waals surface area contributed by atoms with Crippen LogP contribution in [0.5, 0.6) is 0 Å². The van der Waals surface area contributed by atoms with Gasteiger partial charge in [0.15, 0.2) is 0 Å². The van der Waals surface area contributed by atoms with Crippen LogP contribution in [0.1, 0.15) is 63.4 Å². The van der Waals surface area contributed by atoms with Gasteiger partial charge in [-0.25, -0.2) is 0 Å². The molecule has 3 N–H and O–H groups in total. The van der Waals surface area contributed by atoms with Crippen molar-refractivity contribution in [1.82, 2.24) is 9.88 Å². The monoisotopic (exact) mass is 277 g/mol. The molecule has 0 bridgehead atoms. The number of amides is 1. The predicted octanol–water partition coefficient (Wildman–Crippen LogP) is 3.18. The van der Waals surface area contributed by atoms with E-state index in [9.17, 15) is 4.79 Å². The highest BCUT2D eigenvalue weighted by molar-refractivity contribution is 5.94. The van der Waals surface area contributed by atoms with E-state index in [1.165, 1.54) is 19.3 Å². The van der Waals surface area contributed by atoms with Crippen molar-refractivity contribution in [2.24, 2.45) is 5.41 Å². The first kappa shape index (κ1) is 14.9. The summed E-state index contributed by atoms with van der Waals surface area (Å²) in [6.45, 7) is 7.42. The smallest absolute Gasteiger partial charge is 0.268 e.